The molecule has 0 radical (unpaired) electrons. The highest BCUT2D eigenvalue weighted by atomic mass is 35.5. The van der Waals surface area contributed by atoms with E-state index in [0.717, 1.165) is 5.56 Å². The first-order chi connectivity index (χ1) is 19.0. The Kier molecular flexibility index (Phi) is 7.70. The van der Waals surface area contributed by atoms with Gasteiger partial charge in [0.1, 0.15) is 5.75 Å². The Morgan fingerprint density at radius 1 is 0.897 bits per heavy atom. The molecular weight excluding hydrogens is 512 g/mol. The van der Waals surface area contributed by atoms with E-state index in [4.69, 9.17) is 16.3 Å². The van der Waals surface area contributed by atoms with Gasteiger partial charge in [-0.05, 0) is 54.1 Å². The minimum atomic E-state index is -0.445. The third-order valence-corrected chi connectivity index (χ3v) is 6.32. The van der Waals surface area contributed by atoms with Crippen LogP contribution < -0.4 is 15.6 Å². The molecule has 4 aromatic carbocycles. The summed E-state index contributed by atoms with van der Waals surface area (Å²) in [6.45, 7) is 0.498. The van der Waals surface area contributed by atoms with Crippen molar-refractivity contribution in [3.05, 3.63) is 142 Å². The Morgan fingerprint density at radius 2 is 1.54 bits per heavy atom. The lowest BCUT2D eigenvalue weighted by molar-refractivity contribution is 0.0785. The number of anilines is 2. The van der Waals surface area contributed by atoms with Crippen LogP contribution >= 0.6 is 11.6 Å². The van der Waals surface area contributed by atoms with Gasteiger partial charge in [-0.2, -0.15) is 9.78 Å². The van der Waals surface area contributed by atoms with Gasteiger partial charge in [-0.15, -0.1) is 0 Å². The number of nitrogens with one attached hydrogen (secondary N) is 1. The number of rotatable bonds is 8. The normalized spacial score (nSPS) is 10.6. The van der Waals surface area contributed by atoms with E-state index in [0.29, 0.717) is 34.3 Å². The van der Waals surface area contributed by atoms with Crippen molar-refractivity contribution in [2.75, 3.05) is 12.4 Å². The second-order valence-corrected chi connectivity index (χ2v) is 9.22. The summed E-state index contributed by atoms with van der Waals surface area (Å²) in [5.41, 5.74) is 2.35. The first-order valence-corrected chi connectivity index (χ1v) is 12.6. The highest BCUT2D eigenvalue weighted by Crippen LogP contribution is 2.29. The number of para-hydroxylation sites is 2. The van der Waals surface area contributed by atoms with E-state index in [-0.39, 0.29) is 17.3 Å². The van der Waals surface area contributed by atoms with Crippen molar-refractivity contribution in [2.45, 2.75) is 6.54 Å². The third kappa shape index (κ3) is 6.00. The Hall–Kier alpha value is -4.88. The van der Waals surface area contributed by atoms with E-state index in [9.17, 15) is 9.59 Å². The molecule has 5 aromatic rings. The van der Waals surface area contributed by atoms with Crippen molar-refractivity contribution < 1.29 is 9.53 Å². The Morgan fingerprint density at radius 3 is 2.23 bits per heavy atom. The molecule has 8 heteroatoms. The summed E-state index contributed by atoms with van der Waals surface area (Å²) in [7, 11) is 1.77. The maximum atomic E-state index is 13.6. The van der Waals surface area contributed by atoms with E-state index in [1.54, 1.807) is 72.6 Å². The van der Waals surface area contributed by atoms with Crippen LogP contribution in [0.1, 0.15) is 15.9 Å². The van der Waals surface area contributed by atoms with Crippen LogP contribution in [-0.4, -0.2) is 27.6 Å². The van der Waals surface area contributed by atoms with Gasteiger partial charge in [0.15, 0.2) is 11.4 Å². The predicted octanol–water partition coefficient (Wildman–Crippen LogP) is 6.69. The number of carbonyl (C=O) groups is 1. The summed E-state index contributed by atoms with van der Waals surface area (Å²) in [5.74, 6) is 0.695. The second kappa shape index (κ2) is 11.7. The Balaban J connectivity index is 1.43. The number of hydrogen-bond acceptors (Lipinski definition) is 5. The van der Waals surface area contributed by atoms with E-state index in [1.165, 1.54) is 10.9 Å². The number of hydrogen-bond donors (Lipinski definition) is 1. The van der Waals surface area contributed by atoms with Crippen LogP contribution in [0.25, 0.3) is 5.69 Å². The van der Waals surface area contributed by atoms with Crippen LogP contribution in [0.3, 0.4) is 0 Å². The van der Waals surface area contributed by atoms with Crippen LogP contribution in [0.4, 0.5) is 11.4 Å². The van der Waals surface area contributed by atoms with Gasteiger partial charge in [0.2, 0.25) is 0 Å². The summed E-state index contributed by atoms with van der Waals surface area (Å²) in [5, 5.41) is 7.85. The summed E-state index contributed by atoms with van der Waals surface area (Å²) >= 11 is 6.35. The van der Waals surface area contributed by atoms with Crippen molar-refractivity contribution in [3.8, 4) is 17.2 Å². The molecule has 0 atom stereocenters. The minimum absolute atomic E-state index is 0.108. The Bertz CT molecular complexity index is 1640. The maximum Gasteiger partial charge on any atom is 0.299 e. The zero-order chi connectivity index (χ0) is 27.2. The van der Waals surface area contributed by atoms with E-state index >= 15 is 0 Å². The van der Waals surface area contributed by atoms with Crippen molar-refractivity contribution in [1.29, 1.82) is 0 Å². The number of halogens is 1. The first-order valence-electron chi connectivity index (χ1n) is 12.3. The fourth-order valence-corrected chi connectivity index (χ4v) is 4.25. The number of ether oxygens (including phenoxy) is 1. The van der Waals surface area contributed by atoms with Gasteiger partial charge in [0, 0.05) is 24.8 Å². The molecule has 194 valence electrons. The number of amides is 1. The molecule has 0 saturated carbocycles. The molecule has 1 amide bonds. The standard InChI is InChI=1S/C31H25ClN4O3/c1-35(21-22-10-4-2-5-11-22)30(37)23-16-18-24(19-17-23)34-29-28(39-25-12-6-3-7-13-25)20-33-36(31(29)38)27-15-9-8-14-26(27)32/h2-20,34H,21H2,1H3. The molecule has 0 aliphatic rings. The molecule has 39 heavy (non-hydrogen) atoms. The summed E-state index contributed by atoms with van der Waals surface area (Å²) in [6, 6.07) is 32.8. The first kappa shape index (κ1) is 25.8. The molecule has 0 aliphatic heterocycles. The van der Waals surface area contributed by atoms with Gasteiger partial charge in [-0.3, -0.25) is 9.59 Å². The van der Waals surface area contributed by atoms with E-state index < -0.39 is 5.56 Å². The fourth-order valence-electron chi connectivity index (χ4n) is 4.03. The van der Waals surface area contributed by atoms with Gasteiger partial charge in [-0.1, -0.05) is 72.3 Å². The molecule has 5 rings (SSSR count). The zero-order valence-electron chi connectivity index (χ0n) is 21.1. The quantitative estimate of drug-likeness (QED) is 0.239. The summed E-state index contributed by atoms with van der Waals surface area (Å²) in [6.07, 6.45) is 1.47. The molecule has 1 aromatic heterocycles. The largest absolute Gasteiger partial charge is 0.453 e. The maximum absolute atomic E-state index is 13.6. The molecule has 0 saturated heterocycles. The van der Waals surface area contributed by atoms with Crippen molar-refractivity contribution >= 4 is 28.9 Å². The highest BCUT2D eigenvalue weighted by molar-refractivity contribution is 6.32. The summed E-state index contributed by atoms with van der Waals surface area (Å²) < 4.78 is 7.22. The van der Waals surface area contributed by atoms with Crippen LogP contribution in [-0.2, 0) is 6.54 Å². The van der Waals surface area contributed by atoms with Crippen molar-refractivity contribution in [2.24, 2.45) is 0 Å². The third-order valence-electron chi connectivity index (χ3n) is 6.01. The monoisotopic (exact) mass is 536 g/mol. The van der Waals surface area contributed by atoms with Gasteiger partial charge in [0.05, 0.1) is 16.9 Å². The lowest BCUT2D eigenvalue weighted by Gasteiger charge is -2.18. The zero-order valence-corrected chi connectivity index (χ0v) is 21.9. The minimum Gasteiger partial charge on any atom is -0.453 e. The van der Waals surface area contributed by atoms with Crippen LogP contribution in [0.5, 0.6) is 11.5 Å². The van der Waals surface area contributed by atoms with Gasteiger partial charge >= 0.3 is 0 Å². The number of nitrogens with zero attached hydrogens (tertiary/aromatic N) is 3. The number of aromatic nitrogens is 2. The lowest BCUT2D eigenvalue weighted by Crippen LogP contribution is -2.26. The molecule has 0 bridgehead atoms. The predicted molar refractivity (Wildman–Crippen MR) is 153 cm³/mol. The molecule has 0 spiro atoms. The van der Waals surface area contributed by atoms with E-state index in [1.807, 2.05) is 48.5 Å². The number of carbonyl (C=O) groups excluding carboxylic acids is 1. The average Bonchev–Trinajstić information content (AvgIpc) is 2.96. The molecule has 0 fully saturated rings. The highest BCUT2D eigenvalue weighted by Gasteiger charge is 2.17. The molecular formula is C31H25ClN4O3. The van der Waals surface area contributed by atoms with Gasteiger partial charge in [0.25, 0.3) is 11.5 Å². The molecule has 0 unspecified atom stereocenters. The second-order valence-electron chi connectivity index (χ2n) is 8.82. The van der Waals surface area contributed by atoms with E-state index in [2.05, 4.69) is 10.4 Å². The van der Waals surface area contributed by atoms with Crippen molar-refractivity contribution in [1.82, 2.24) is 14.7 Å². The SMILES string of the molecule is CN(Cc1ccccc1)C(=O)c1ccc(Nc2c(Oc3ccccc3)cnn(-c3ccccc3Cl)c2=O)cc1. The van der Waals surface area contributed by atoms with Gasteiger partial charge < -0.3 is 15.0 Å². The molecule has 1 heterocycles. The van der Waals surface area contributed by atoms with Crippen LogP contribution in [0.15, 0.2) is 120 Å². The lowest BCUT2D eigenvalue weighted by atomic mass is 10.1. The molecule has 1 N–H and O–H groups in total. The fraction of sp³-hybridized carbons (Fsp3) is 0.0645. The smallest absolute Gasteiger partial charge is 0.299 e. The molecule has 7 nitrogen and oxygen atoms in total. The van der Waals surface area contributed by atoms with Crippen molar-refractivity contribution in [3.63, 3.8) is 0 Å². The Labute approximate surface area is 230 Å². The molecule has 0 aliphatic carbocycles. The average molecular weight is 537 g/mol. The summed E-state index contributed by atoms with van der Waals surface area (Å²) in [4.78, 5) is 28.2. The van der Waals surface area contributed by atoms with Crippen LogP contribution in [0.2, 0.25) is 5.02 Å². The van der Waals surface area contributed by atoms with Crippen LogP contribution in [0, 0.1) is 0 Å². The topological polar surface area (TPSA) is 76.5 Å². The van der Waals surface area contributed by atoms with Gasteiger partial charge in [-0.25, -0.2) is 0 Å². The number of benzene rings is 4.